The summed E-state index contributed by atoms with van der Waals surface area (Å²) < 4.78 is 6.31. The molecule has 32 heavy (non-hydrogen) atoms. The van der Waals surface area contributed by atoms with Crippen LogP contribution in [0.3, 0.4) is 0 Å². The highest BCUT2D eigenvalue weighted by Crippen LogP contribution is 2.32. The van der Waals surface area contributed by atoms with Gasteiger partial charge in [-0.05, 0) is 37.1 Å². The number of nitrogens with zero attached hydrogens (tertiary/aromatic N) is 2. The molecule has 2 atom stereocenters. The van der Waals surface area contributed by atoms with Gasteiger partial charge in [0.2, 0.25) is 0 Å². The van der Waals surface area contributed by atoms with Crippen molar-refractivity contribution >= 4 is 17.1 Å². The lowest BCUT2D eigenvalue weighted by Crippen LogP contribution is -2.37. The first-order valence-electron chi connectivity index (χ1n) is 11.1. The Kier molecular flexibility index (Phi) is 6.87. The number of ether oxygens (including phenoxy) is 1. The number of nitrogens with one attached hydrogen (secondary N) is 1. The zero-order chi connectivity index (χ0) is 22.3. The lowest BCUT2D eigenvalue weighted by atomic mass is 10.1. The van der Waals surface area contributed by atoms with Crippen LogP contribution in [0, 0.1) is 0 Å². The quantitative estimate of drug-likeness (QED) is 0.506. The van der Waals surface area contributed by atoms with Gasteiger partial charge in [-0.2, -0.15) is 10.2 Å². The first kappa shape index (κ1) is 21.7. The summed E-state index contributed by atoms with van der Waals surface area (Å²) in [6.45, 7) is 3.86. The average molecular weight is 428 g/mol. The van der Waals surface area contributed by atoms with Gasteiger partial charge in [-0.3, -0.25) is 5.43 Å². The molecule has 0 bridgehead atoms. The van der Waals surface area contributed by atoms with Crippen LogP contribution < -0.4 is 15.3 Å². The van der Waals surface area contributed by atoms with E-state index in [9.17, 15) is 5.11 Å². The Morgan fingerprint density at radius 1 is 0.906 bits per heavy atom. The molecule has 3 aromatic rings. The molecule has 0 aliphatic carbocycles. The van der Waals surface area contributed by atoms with Crippen LogP contribution in [0.1, 0.15) is 37.8 Å². The molecule has 0 saturated heterocycles. The Morgan fingerprint density at radius 3 is 2.19 bits per heavy atom. The highest BCUT2D eigenvalue weighted by molar-refractivity contribution is 6.13. The minimum Gasteiger partial charge on any atom is -0.488 e. The van der Waals surface area contributed by atoms with Gasteiger partial charge in [0, 0.05) is 12.0 Å². The van der Waals surface area contributed by atoms with Gasteiger partial charge in [0.1, 0.15) is 17.5 Å². The summed E-state index contributed by atoms with van der Waals surface area (Å²) in [7, 11) is 0. The third-order valence-corrected chi connectivity index (χ3v) is 5.32. The van der Waals surface area contributed by atoms with E-state index in [1.54, 1.807) is 12.0 Å². The number of anilines is 1. The molecular weight excluding hydrogens is 398 g/mol. The number of aliphatic hydroxyl groups excluding tert-OH is 1. The zero-order valence-electron chi connectivity index (χ0n) is 18.5. The molecule has 164 valence electrons. The van der Waals surface area contributed by atoms with E-state index in [-0.39, 0.29) is 6.10 Å². The molecule has 1 aliphatic heterocycles. The fraction of sp³-hybridized carbons (Fsp3) is 0.222. The Labute approximate surface area is 189 Å². The number of para-hydroxylation sites is 2. The topological polar surface area (TPSA) is 57.1 Å². The molecule has 0 radical (unpaired) electrons. The third-order valence-electron chi connectivity index (χ3n) is 5.32. The molecular formula is C27H29N3O2. The van der Waals surface area contributed by atoms with Crippen LogP contribution in [0.4, 0.5) is 5.69 Å². The molecule has 0 aromatic heterocycles. The van der Waals surface area contributed by atoms with Crippen LogP contribution >= 0.6 is 0 Å². The molecule has 3 aromatic carbocycles. The Hall–Kier alpha value is -3.57. The molecule has 5 nitrogen and oxygen atoms in total. The first-order valence-corrected chi connectivity index (χ1v) is 11.1. The van der Waals surface area contributed by atoms with Gasteiger partial charge in [-0.1, -0.05) is 79.7 Å². The largest absolute Gasteiger partial charge is 0.488 e. The van der Waals surface area contributed by atoms with E-state index >= 15 is 0 Å². The smallest absolute Gasteiger partial charge is 0.147 e. The SMILES string of the molecule is CCC(CC(C)O)Oc1ccccc1N1N=C(c2ccccc2)C=C(c2ccccc2)N1. The second-order valence-electron chi connectivity index (χ2n) is 7.90. The molecule has 0 fully saturated rings. The summed E-state index contributed by atoms with van der Waals surface area (Å²) in [5.74, 6) is 0.720. The van der Waals surface area contributed by atoms with E-state index in [1.807, 2.05) is 60.7 Å². The van der Waals surface area contributed by atoms with Gasteiger partial charge < -0.3 is 9.84 Å². The Morgan fingerprint density at radius 2 is 1.53 bits per heavy atom. The van der Waals surface area contributed by atoms with Gasteiger partial charge in [0.15, 0.2) is 0 Å². The van der Waals surface area contributed by atoms with Crippen molar-refractivity contribution in [2.75, 3.05) is 5.12 Å². The average Bonchev–Trinajstić information content (AvgIpc) is 2.84. The van der Waals surface area contributed by atoms with Crippen LogP contribution in [-0.2, 0) is 0 Å². The fourth-order valence-electron chi connectivity index (χ4n) is 3.66. The molecule has 4 rings (SSSR count). The highest BCUT2D eigenvalue weighted by atomic mass is 16.5. The van der Waals surface area contributed by atoms with E-state index < -0.39 is 6.10 Å². The van der Waals surface area contributed by atoms with Crippen molar-refractivity contribution in [3.8, 4) is 5.75 Å². The van der Waals surface area contributed by atoms with E-state index in [0.29, 0.717) is 6.42 Å². The highest BCUT2D eigenvalue weighted by Gasteiger charge is 2.21. The summed E-state index contributed by atoms with van der Waals surface area (Å²) in [5.41, 5.74) is 8.16. The first-order chi connectivity index (χ1) is 15.6. The van der Waals surface area contributed by atoms with Crippen LogP contribution in [0.5, 0.6) is 5.75 Å². The number of aliphatic hydroxyl groups is 1. The molecule has 0 amide bonds. The van der Waals surface area contributed by atoms with Gasteiger partial charge in [0.25, 0.3) is 0 Å². The van der Waals surface area contributed by atoms with Crippen molar-refractivity contribution in [1.29, 1.82) is 0 Å². The van der Waals surface area contributed by atoms with E-state index in [4.69, 9.17) is 9.84 Å². The summed E-state index contributed by atoms with van der Waals surface area (Å²) in [4.78, 5) is 0. The molecule has 2 unspecified atom stereocenters. The summed E-state index contributed by atoms with van der Waals surface area (Å²) in [6, 6.07) is 28.2. The van der Waals surface area contributed by atoms with Crippen molar-refractivity contribution in [1.82, 2.24) is 5.43 Å². The number of hydrogen-bond donors (Lipinski definition) is 2. The maximum absolute atomic E-state index is 9.84. The van der Waals surface area contributed by atoms with Crippen molar-refractivity contribution in [3.63, 3.8) is 0 Å². The van der Waals surface area contributed by atoms with Gasteiger partial charge in [0.05, 0.1) is 17.5 Å². The lowest BCUT2D eigenvalue weighted by molar-refractivity contribution is 0.104. The summed E-state index contributed by atoms with van der Waals surface area (Å²) in [6.07, 6.45) is 2.94. The number of hydrogen-bond acceptors (Lipinski definition) is 5. The Bertz CT molecular complexity index is 1080. The number of allylic oxidation sites excluding steroid dienone is 1. The summed E-state index contributed by atoms with van der Waals surface area (Å²) >= 11 is 0. The van der Waals surface area contributed by atoms with Crippen molar-refractivity contribution in [3.05, 3.63) is 102 Å². The minimum absolute atomic E-state index is 0.0809. The van der Waals surface area contributed by atoms with E-state index in [1.165, 1.54) is 0 Å². The van der Waals surface area contributed by atoms with Gasteiger partial charge in [-0.15, -0.1) is 0 Å². The van der Waals surface area contributed by atoms with Crippen LogP contribution in [0.15, 0.2) is 96.1 Å². The lowest BCUT2D eigenvalue weighted by Gasteiger charge is -2.30. The maximum atomic E-state index is 9.84. The normalized spacial score (nSPS) is 15.3. The molecule has 2 N–H and O–H groups in total. The van der Waals surface area contributed by atoms with Crippen molar-refractivity contribution in [2.45, 2.75) is 38.9 Å². The van der Waals surface area contributed by atoms with E-state index in [2.05, 4.69) is 42.7 Å². The maximum Gasteiger partial charge on any atom is 0.147 e. The molecule has 5 heteroatoms. The monoisotopic (exact) mass is 427 g/mol. The number of hydrazine groups is 1. The van der Waals surface area contributed by atoms with Gasteiger partial charge >= 0.3 is 0 Å². The fourth-order valence-corrected chi connectivity index (χ4v) is 3.66. The predicted molar refractivity (Wildman–Crippen MR) is 130 cm³/mol. The Balaban J connectivity index is 1.72. The van der Waals surface area contributed by atoms with Crippen molar-refractivity contribution in [2.24, 2.45) is 5.10 Å². The number of hydrazone groups is 1. The second kappa shape index (κ2) is 10.2. The number of rotatable bonds is 8. The standard InChI is InChI=1S/C27H29N3O2/c1-3-23(18-20(2)31)32-27-17-11-10-16-26(27)30-28-24(21-12-6-4-7-13-21)19-25(29-30)22-14-8-5-9-15-22/h4-17,19-20,23,28,31H,3,18H2,1-2H3. The van der Waals surface area contributed by atoms with Crippen LogP contribution in [0.25, 0.3) is 5.70 Å². The zero-order valence-corrected chi connectivity index (χ0v) is 18.5. The summed E-state index contributed by atoms with van der Waals surface area (Å²) in [5, 5.41) is 16.5. The minimum atomic E-state index is -0.421. The molecule has 0 spiro atoms. The molecule has 0 saturated carbocycles. The van der Waals surface area contributed by atoms with Crippen LogP contribution in [-0.4, -0.2) is 23.0 Å². The van der Waals surface area contributed by atoms with E-state index in [0.717, 1.165) is 40.4 Å². The number of benzene rings is 3. The predicted octanol–water partition coefficient (Wildman–Crippen LogP) is 5.38. The van der Waals surface area contributed by atoms with Crippen LogP contribution in [0.2, 0.25) is 0 Å². The van der Waals surface area contributed by atoms with Gasteiger partial charge in [-0.25, -0.2) is 0 Å². The van der Waals surface area contributed by atoms with Crippen molar-refractivity contribution < 1.29 is 9.84 Å². The molecule has 1 aliphatic rings. The third kappa shape index (κ3) is 5.18. The molecule has 1 heterocycles. The second-order valence-corrected chi connectivity index (χ2v) is 7.90.